The average molecular weight is 190 g/mol. The molecule has 1 unspecified atom stereocenters. The molecular weight excluding hydrogens is 172 g/mol. The van der Waals surface area contributed by atoms with Gasteiger partial charge in [-0.05, 0) is 18.4 Å². The highest BCUT2D eigenvalue weighted by molar-refractivity contribution is 5.22. The van der Waals surface area contributed by atoms with Gasteiger partial charge in [0.05, 0.1) is 0 Å². The zero-order valence-electron chi connectivity index (χ0n) is 8.78. The molecule has 0 aliphatic heterocycles. The van der Waals surface area contributed by atoms with Gasteiger partial charge in [0.15, 0.2) is 0 Å². The molecule has 0 radical (unpaired) electrons. The Morgan fingerprint density at radius 3 is 2.64 bits per heavy atom. The number of methoxy groups -OCH3 is 1. The summed E-state index contributed by atoms with van der Waals surface area (Å²) in [5.74, 6) is 0.464. The molecule has 1 heteroatoms. The number of allylic oxidation sites excluding steroid dienone is 1. The fourth-order valence-corrected chi connectivity index (χ4v) is 1.57. The second kappa shape index (κ2) is 6.39. The van der Waals surface area contributed by atoms with E-state index in [1.807, 2.05) is 12.1 Å². The van der Waals surface area contributed by atoms with Gasteiger partial charge in [-0.15, -0.1) is 6.58 Å². The summed E-state index contributed by atoms with van der Waals surface area (Å²) in [4.78, 5) is 0. The molecule has 1 nitrogen and oxygen atoms in total. The molecule has 0 bridgehead atoms. The maximum Gasteiger partial charge on any atom is 0.0462 e. The summed E-state index contributed by atoms with van der Waals surface area (Å²) in [6.45, 7) is 4.71. The van der Waals surface area contributed by atoms with Gasteiger partial charge in [-0.3, -0.25) is 0 Å². The van der Waals surface area contributed by atoms with E-state index >= 15 is 0 Å². The third kappa shape index (κ3) is 3.35. The molecule has 0 amide bonds. The molecule has 0 spiro atoms. The van der Waals surface area contributed by atoms with Crippen LogP contribution in [0.2, 0.25) is 0 Å². The Balaban J connectivity index is 2.50. The number of hydrogen-bond acceptors (Lipinski definition) is 1. The third-order valence-electron chi connectivity index (χ3n) is 2.38. The van der Waals surface area contributed by atoms with Crippen molar-refractivity contribution in [3.8, 4) is 0 Å². The maximum atomic E-state index is 5.04. The number of benzene rings is 1. The standard InChI is InChI=1S/C13H18O/c1-3-12(10-7-11-14-2)13-8-5-4-6-9-13/h3-6,8-9,12H,1,7,10-11H2,2H3. The van der Waals surface area contributed by atoms with Gasteiger partial charge in [-0.2, -0.15) is 0 Å². The van der Waals surface area contributed by atoms with Crippen LogP contribution in [-0.4, -0.2) is 13.7 Å². The molecule has 14 heavy (non-hydrogen) atoms. The van der Waals surface area contributed by atoms with Crippen LogP contribution in [0.1, 0.15) is 24.3 Å². The second-order valence-corrected chi connectivity index (χ2v) is 3.39. The predicted molar refractivity (Wildman–Crippen MR) is 60.5 cm³/mol. The summed E-state index contributed by atoms with van der Waals surface area (Å²) in [5.41, 5.74) is 1.35. The van der Waals surface area contributed by atoms with E-state index in [0.717, 1.165) is 19.4 Å². The van der Waals surface area contributed by atoms with Gasteiger partial charge >= 0.3 is 0 Å². The van der Waals surface area contributed by atoms with Crippen LogP contribution in [0.5, 0.6) is 0 Å². The van der Waals surface area contributed by atoms with Crippen molar-refractivity contribution in [2.24, 2.45) is 0 Å². The lowest BCUT2D eigenvalue weighted by molar-refractivity contribution is 0.192. The van der Waals surface area contributed by atoms with Crippen LogP contribution in [0, 0.1) is 0 Å². The Morgan fingerprint density at radius 2 is 2.07 bits per heavy atom. The Hall–Kier alpha value is -1.08. The predicted octanol–water partition coefficient (Wildman–Crippen LogP) is 3.38. The molecule has 0 heterocycles. The van der Waals surface area contributed by atoms with Gasteiger partial charge in [-0.1, -0.05) is 36.4 Å². The minimum atomic E-state index is 0.464. The van der Waals surface area contributed by atoms with Gasteiger partial charge in [0, 0.05) is 19.6 Å². The maximum absolute atomic E-state index is 5.04. The Morgan fingerprint density at radius 1 is 1.36 bits per heavy atom. The van der Waals surface area contributed by atoms with E-state index in [1.54, 1.807) is 7.11 Å². The molecule has 0 saturated heterocycles. The van der Waals surface area contributed by atoms with Crippen LogP contribution in [0.4, 0.5) is 0 Å². The summed E-state index contributed by atoms with van der Waals surface area (Å²) < 4.78 is 5.04. The van der Waals surface area contributed by atoms with Crippen molar-refractivity contribution < 1.29 is 4.74 Å². The molecular formula is C13H18O. The Kier molecular flexibility index (Phi) is 5.02. The summed E-state index contributed by atoms with van der Waals surface area (Å²) in [5, 5.41) is 0. The van der Waals surface area contributed by atoms with Crippen molar-refractivity contribution in [1.82, 2.24) is 0 Å². The lowest BCUT2D eigenvalue weighted by atomic mass is 9.95. The first-order valence-corrected chi connectivity index (χ1v) is 5.05. The highest BCUT2D eigenvalue weighted by Gasteiger charge is 2.05. The van der Waals surface area contributed by atoms with Crippen molar-refractivity contribution in [3.05, 3.63) is 48.6 Å². The van der Waals surface area contributed by atoms with Gasteiger partial charge in [0.2, 0.25) is 0 Å². The Bertz CT molecular complexity index is 253. The van der Waals surface area contributed by atoms with Crippen LogP contribution in [0.25, 0.3) is 0 Å². The summed E-state index contributed by atoms with van der Waals surface area (Å²) >= 11 is 0. The third-order valence-corrected chi connectivity index (χ3v) is 2.38. The van der Waals surface area contributed by atoms with Gasteiger partial charge in [-0.25, -0.2) is 0 Å². The lowest BCUT2D eigenvalue weighted by Gasteiger charge is -2.12. The van der Waals surface area contributed by atoms with Crippen molar-refractivity contribution in [2.45, 2.75) is 18.8 Å². The van der Waals surface area contributed by atoms with Crippen LogP contribution >= 0.6 is 0 Å². The van der Waals surface area contributed by atoms with Gasteiger partial charge in [0.25, 0.3) is 0 Å². The molecule has 76 valence electrons. The number of ether oxygens (including phenoxy) is 1. The quantitative estimate of drug-likeness (QED) is 0.493. The van der Waals surface area contributed by atoms with Crippen molar-refractivity contribution in [1.29, 1.82) is 0 Å². The Labute approximate surface area is 86.4 Å². The van der Waals surface area contributed by atoms with Crippen molar-refractivity contribution in [3.63, 3.8) is 0 Å². The first kappa shape index (κ1) is 11.0. The highest BCUT2D eigenvalue weighted by Crippen LogP contribution is 2.21. The topological polar surface area (TPSA) is 9.23 Å². The van der Waals surface area contributed by atoms with E-state index < -0.39 is 0 Å². The smallest absolute Gasteiger partial charge is 0.0462 e. The monoisotopic (exact) mass is 190 g/mol. The van der Waals surface area contributed by atoms with E-state index in [-0.39, 0.29) is 0 Å². The van der Waals surface area contributed by atoms with Gasteiger partial charge < -0.3 is 4.74 Å². The number of rotatable bonds is 6. The molecule has 0 aliphatic rings. The molecule has 0 saturated carbocycles. The minimum absolute atomic E-state index is 0.464. The van der Waals surface area contributed by atoms with E-state index in [2.05, 4.69) is 30.8 Å². The van der Waals surface area contributed by atoms with Crippen LogP contribution in [0.3, 0.4) is 0 Å². The van der Waals surface area contributed by atoms with E-state index in [1.165, 1.54) is 5.56 Å². The molecule has 1 aromatic carbocycles. The largest absolute Gasteiger partial charge is 0.385 e. The van der Waals surface area contributed by atoms with E-state index in [9.17, 15) is 0 Å². The van der Waals surface area contributed by atoms with Crippen LogP contribution < -0.4 is 0 Å². The lowest BCUT2D eigenvalue weighted by Crippen LogP contribution is -1.97. The molecule has 0 N–H and O–H groups in total. The molecule has 0 aliphatic carbocycles. The normalized spacial score (nSPS) is 12.4. The van der Waals surface area contributed by atoms with Crippen LogP contribution in [-0.2, 0) is 4.74 Å². The first-order chi connectivity index (χ1) is 6.88. The van der Waals surface area contributed by atoms with E-state index in [0.29, 0.717) is 5.92 Å². The van der Waals surface area contributed by atoms with Crippen molar-refractivity contribution >= 4 is 0 Å². The summed E-state index contributed by atoms with van der Waals surface area (Å²) in [6, 6.07) is 10.5. The first-order valence-electron chi connectivity index (χ1n) is 5.05. The zero-order chi connectivity index (χ0) is 10.2. The molecule has 0 fully saturated rings. The van der Waals surface area contributed by atoms with Crippen LogP contribution in [0.15, 0.2) is 43.0 Å². The SMILES string of the molecule is C=CC(CCCOC)c1ccccc1. The average Bonchev–Trinajstić information content (AvgIpc) is 2.26. The molecule has 1 rings (SSSR count). The summed E-state index contributed by atoms with van der Waals surface area (Å²) in [7, 11) is 1.74. The highest BCUT2D eigenvalue weighted by atomic mass is 16.5. The molecule has 1 atom stereocenters. The fraction of sp³-hybridized carbons (Fsp3) is 0.385. The van der Waals surface area contributed by atoms with E-state index in [4.69, 9.17) is 4.74 Å². The summed E-state index contributed by atoms with van der Waals surface area (Å²) in [6.07, 6.45) is 4.22. The minimum Gasteiger partial charge on any atom is -0.385 e. The number of hydrogen-bond donors (Lipinski definition) is 0. The fourth-order valence-electron chi connectivity index (χ4n) is 1.57. The second-order valence-electron chi connectivity index (χ2n) is 3.39. The van der Waals surface area contributed by atoms with Gasteiger partial charge in [0.1, 0.15) is 0 Å². The van der Waals surface area contributed by atoms with Crippen molar-refractivity contribution in [2.75, 3.05) is 13.7 Å². The molecule has 1 aromatic rings. The molecule has 0 aromatic heterocycles. The zero-order valence-corrected chi connectivity index (χ0v) is 8.78.